The number of urea groups is 1. The average molecular weight is 412 g/mol. The van der Waals surface area contributed by atoms with Gasteiger partial charge in [0.15, 0.2) is 0 Å². The summed E-state index contributed by atoms with van der Waals surface area (Å²) in [5.41, 5.74) is 2.84. The highest BCUT2D eigenvalue weighted by atomic mass is 35.5. The van der Waals surface area contributed by atoms with Gasteiger partial charge < -0.3 is 15.6 Å². The quantitative estimate of drug-likeness (QED) is 0.613. The number of amides is 2. The minimum atomic E-state index is -0.274. The van der Waals surface area contributed by atoms with Crippen LogP contribution < -0.4 is 10.6 Å². The molecule has 2 atom stereocenters. The van der Waals surface area contributed by atoms with Crippen LogP contribution in [-0.2, 0) is 0 Å². The average Bonchev–Trinajstić information content (AvgIpc) is 3.14. The molecule has 2 amide bonds. The topological polar surface area (TPSA) is 110 Å². The van der Waals surface area contributed by atoms with E-state index in [0.717, 1.165) is 36.2 Å². The number of pyridine rings is 1. The predicted molar refractivity (Wildman–Crippen MR) is 113 cm³/mol. The van der Waals surface area contributed by atoms with Crippen LogP contribution >= 0.6 is 12.4 Å². The second kappa shape index (κ2) is 8.90. The second-order valence-electron chi connectivity index (χ2n) is 7.00. The third-order valence-corrected chi connectivity index (χ3v) is 5.06. The van der Waals surface area contributed by atoms with Gasteiger partial charge >= 0.3 is 6.03 Å². The first-order valence-corrected chi connectivity index (χ1v) is 9.21. The van der Waals surface area contributed by atoms with Gasteiger partial charge in [0.1, 0.15) is 17.6 Å². The maximum Gasteiger partial charge on any atom is 0.319 e. The van der Waals surface area contributed by atoms with Gasteiger partial charge in [-0.15, -0.1) is 12.4 Å². The van der Waals surface area contributed by atoms with E-state index in [1.165, 1.54) is 6.20 Å². The molecule has 1 aromatic carbocycles. The molecule has 2 aromatic heterocycles. The van der Waals surface area contributed by atoms with Crippen LogP contribution in [-0.4, -0.2) is 45.5 Å². The van der Waals surface area contributed by atoms with Gasteiger partial charge in [0.25, 0.3) is 0 Å². The molecule has 0 aliphatic carbocycles. The van der Waals surface area contributed by atoms with Gasteiger partial charge in [-0.3, -0.25) is 4.90 Å². The number of likely N-dealkylation sites (tertiary alicyclic amines) is 1. The number of para-hydroxylation sites is 2. The highest BCUT2D eigenvalue weighted by molar-refractivity contribution is 5.89. The summed E-state index contributed by atoms with van der Waals surface area (Å²) in [6.07, 6.45) is 3.12. The summed E-state index contributed by atoms with van der Waals surface area (Å²) in [6.45, 7) is 0.866. The van der Waals surface area contributed by atoms with E-state index in [9.17, 15) is 4.79 Å². The van der Waals surface area contributed by atoms with Crippen molar-refractivity contribution in [2.24, 2.45) is 0 Å². The van der Waals surface area contributed by atoms with Gasteiger partial charge in [-0.1, -0.05) is 12.1 Å². The monoisotopic (exact) mass is 411 g/mol. The molecular formula is C20H22ClN7O. The van der Waals surface area contributed by atoms with E-state index in [2.05, 4.69) is 32.5 Å². The smallest absolute Gasteiger partial charge is 0.319 e. The Morgan fingerprint density at radius 1 is 1.31 bits per heavy atom. The Labute approximate surface area is 174 Å². The Bertz CT molecular complexity index is 994. The maximum absolute atomic E-state index is 12.3. The first kappa shape index (κ1) is 20.6. The van der Waals surface area contributed by atoms with Gasteiger partial charge in [-0.2, -0.15) is 5.26 Å². The molecule has 1 saturated heterocycles. The Morgan fingerprint density at radius 2 is 2.14 bits per heavy atom. The number of piperidine rings is 1. The van der Waals surface area contributed by atoms with Crippen LogP contribution in [0.15, 0.2) is 42.6 Å². The summed E-state index contributed by atoms with van der Waals surface area (Å²) in [5, 5.41) is 14.6. The van der Waals surface area contributed by atoms with E-state index in [0.29, 0.717) is 11.4 Å². The van der Waals surface area contributed by atoms with Gasteiger partial charge in [0, 0.05) is 12.6 Å². The lowest BCUT2D eigenvalue weighted by Crippen LogP contribution is -2.46. The zero-order valence-corrected chi connectivity index (χ0v) is 16.7. The fraction of sp³-hybridized carbons (Fsp3) is 0.300. The fourth-order valence-electron chi connectivity index (χ4n) is 3.55. The van der Waals surface area contributed by atoms with E-state index in [1.54, 1.807) is 12.1 Å². The Balaban J connectivity index is 0.00000240. The number of hydrogen-bond acceptors (Lipinski definition) is 5. The minimum absolute atomic E-state index is 0. The molecule has 8 nitrogen and oxygen atoms in total. The number of imidazole rings is 1. The number of nitrogens with one attached hydrogen (secondary N) is 3. The number of hydrogen-bond donors (Lipinski definition) is 3. The van der Waals surface area contributed by atoms with Crippen molar-refractivity contribution < 1.29 is 4.79 Å². The van der Waals surface area contributed by atoms with Crippen molar-refractivity contribution in [3.63, 3.8) is 0 Å². The molecule has 0 spiro atoms. The van der Waals surface area contributed by atoms with Crippen molar-refractivity contribution in [1.82, 2.24) is 25.2 Å². The third kappa shape index (κ3) is 4.65. The molecule has 0 unspecified atom stereocenters. The number of halogens is 1. The Morgan fingerprint density at radius 3 is 2.86 bits per heavy atom. The number of nitrogens with zero attached hydrogens (tertiary/aromatic N) is 4. The Kier molecular flexibility index (Phi) is 6.32. The molecule has 3 N–H and O–H groups in total. The van der Waals surface area contributed by atoms with E-state index in [4.69, 9.17) is 10.2 Å². The normalized spacial score (nSPS) is 19.2. The SMILES string of the molecule is CN1CC[C@@H](NC(=O)Nc2ccc(C#N)nc2)C[C@@H]1c1nc2ccccc2[nH]1.Cl. The van der Waals surface area contributed by atoms with Crippen molar-refractivity contribution >= 4 is 35.2 Å². The molecule has 3 aromatic rings. The summed E-state index contributed by atoms with van der Waals surface area (Å²) in [5.74, 6) is 0.923. The molecule has 0 bridgehead atoms. The lowest BCUT2D eigenvalue weighted by molar-refractivity contribution is 0.153. The van der Waals surface area contributed by atoms with Gasteiger partial charge in [-0.25, -0.2) is 14.8 Å². The molecule has 29 heavy (non-hydrogen) atoms. The summed E-state index contributed by atoms with van der Waals surface area (Å²) in [4.78, 5) is 26.7. The molecule has 1 aliphatic heterocycles. The zero-order chi connectivity index (χ0) is 19.5. The maximum atomic E-state index is 12.3. The van der Waals surface area contributed by atoms with E-state index in [-0.39, 0.29) is 30.5 Å². The number of rotatable bonds is 3. The third-order valence-electron chi connectivity index (χ3n) is 5.06. The number of H-pyrrole nitrogens is 1. The molecular weight excluding hydrogens is 390 g/mol. The van der Waals surface area contributed by atoms with Crippen LogP contribution in [0.4, 0.5) is 10.5 Å². The van der Waals surface area contributed by atoms with Crippen LogP contribution in [0.2, 0.25) is 0 Å². The van der Waals surface area contributed by atoms with Crippen molar-refractivity contribution in [1.29, 1.82) is 5.26 Å². The highest BCUT2D eigenvalue weighted by Crippen LogP contribution is 2.29. The van der Waals surface area contributed by atoms with Crippen LogP contribution in [0.5, 0.6) is 0 Å². The second-order valence-corrected chi connectivity index (χ2v) is 7.00. The summed E-state index contributed by atoms with van der Waals surface area (Å²) in [7, 11) is 2.08. The van der Waals surface area contributed by atoms with Crippen LogP contribution in [0, 0.1) is 11.3 Å². The zero-order valence-electron chi connectivity index (χ0n) is 15.9. The first-order valence-electron chi connectivity index (χ1n) is 9.21. The van der Waals surface area contributed by atoms with Crippen LogP contribution in [0.1, 0.15) is 30.4 Å². The summed E-state index contributed by atoms with van der Waals surface area (Å²) >= 11 is 0. The molecule has 3 heterocycles. The molecule has 1 aliphatic rings. The number of aromatic nitrogens is 3. The highest BCUT2D eigenvalue weighted by Gasteiger charge is 2.30. The van der Waals surface area contributed by atoms with Gasteiger partial charge in [0.05, 0.1) is 29.0 Å². The number of aromatic amines is 1. The molecule has 1 fully saturated rings. The number of benzene rings is 1. The van der Waals surface area contributed by atoms with Crippen molar-refractivity contribution in [2.75, 3.05) is 18.9 Å². The van der Waals surface area contributed by atoms with Crippen molar-refractivity contribution in [3.05, 3.63) is 54.1 Å². The predicted octanol–water partition coefficient (Wildman–Crippen LogP) is 3.21. The number of fused-ring (bicyclic) bond motifs is 1. The standard InChI is InChI=1S/C20H21N7O.ClH/c1-27-9-8-13(23-20(28)24-15-7-6-14(11-21)22-12-15)10-18(27)19-25-16-4-2-3-5-17(16)26-19;/h2-7,12-13,18H,8-10H2,1H3,(H,25,26)(H2,23,24,28);1H/t13-,18-;/m1./s1. The van der Waals surface area contributed by atoms with E-state index < -0.39 is 0 Å². The van der Waals surface area contributed by atoms with Gasteiger partial charge in [-0.05, 0) is 44.2 Å². The minimum Gasteiger partial charge on any atom is -0.341 e. The molecule has 9 heteroatoms. The van der Waals surface area contributed by atoms with E-state index >= 15 is 0 Å². The number of carbonyl (C=O) groups excluding carboxylic acids is 1. The molecule has 150 valence electrons. The molecule has 0 radical (unpaired) electrons. The van der Waals surface area contributed by atoms with E-state index in [1.807, 2.05) is 30.3 Å². The first-order chi connectivity index (χ1) is 13.6. The van der Waals surface area contributed by atoms with Crippen LogP contribution in [0.3, 0.4) is 0 Å². The summed E-state index contributed by atoms with van der Waals surface area (Å²) in [6, 6.07) is 13.0. The fourth-order valence-corrected chi connectivity index (χ4v) is 3.55. The number of anilines is 1. The lowest BCUT2D eigenvalue weighted by Gasteiger charge is -2.36. The van der Waals surface area contributed by atoms with Gasteiger partial charge in [0.2, 0.25) is 0 Å². The molecule has 0 saturated carbocycles. The number of nitriles is 1. The van der Waals surface area contributed by atoms with Crippen molar-refractivity contribution in [3.8, 4) is 6.07 Å². The largest absolute Gasteiger partial charge is 0.341 e. The molecule has 4 rings (SSSR count). The summed E-state index contributed by atoms with van der Waals surface area (Å²) < 4.78 is 0. The Hall–Kier alpha value is -3.15. The number of carbonyl (C=O) groups is 1. The van der Waals surface area contributed by atoms with Crippen LogP contribution in [0.25, 0.3) is 11.0 Å². The lowest BCUT2D eigenvalue weighted by atomic mass is 9.97. The van der Waals surface area contributed by atoms with Crippen molar-refractivity contribution in [2.45, 2.75) is 24.9 Å².